The number of hydrogen-bond donors (Lipinski definition) is 1. The lowest BCUT2D eigenvalue weighted by Gasteiger charge is -2.10. The number of carbonyl (C=O) groups is 1. The fourth-order valence-electron chi connectivity index (χ4n) is 1.39. The van der Waals surface area contributed by atoms with Gasteiger partial charge in [0.2, 0.25) is 5.91 Å². The molecule has 3 nitrogen and oxygen atoms in total. The van der Waals surface area contributed by atoms with Crippen LogP contribution in [-0.4, -0.2) is 12.0 Å². The predicted octanol–water partition coefficient (Wildman–Crippen LogP) is 1.39. The van der Waals surface area contributed by atoms with E-state index in [-0.39, 0.29) is 12.0 Å². The second-order valence-corrected chi connectivity index (χ2v) is 3.25. The van der Waals surface area contributed by atoms with Gasteiger partial charge in [-0.2, -0.15) is 0 Å². The van der Waals surface area contributed by atoms with E-state index in [1.807, 2.05) is 0 Å². The lowest BCUT2D eigenvalue weighted by atomic mass is 10.3. The molecule has 1 aliphatic carbocycles. The molecule has 0 bridgehead atoms. The number of rotatable bonds is 4. The molecule has 0 atom stereocenters. The topological polar surface area (TPSA) is 38.3 Å². The van der Waals surface area contributed by atoms with E-state index in [0.29, 0.717) is 12.8 Å². The van der Waals surface area contributed by atoms with Crippen molar-refractivity contribution < 1.29 is 9.63 Å². The van der Waals surface area contributed by atoms with Crippen LogP contribution in [0, 0.1) is 12.3 Å². The molecule has 1 amide bonds. The van der Waals surface area contributed by atoms with E-state index in [0.717, 1.165) is 12.8 Å². The van der Waals surface area contributed by atoms with Crippen molar-refractivity contribution in [1.82, 2.24) is 5.48 Å². The fourth-order valence-corrected chi connectivity index (χ4v) is 1.39. The van der Waals surface area contributed by atoms with Crippen LogP contribution >= 0.6 is 0 Å². The lowest BCUT2D eigenvalue weighted by molar-refractivity contribution is -0.138. The molecule has 1 rings (SSSR count). The van der Waals surface area contributed by atoms with Gasteiger partial charge in [-0.3, -0.25) is 9.63 Å². The standard InChI is InChI=1S/C10H15NO2/c1-2-3-8-10(12)11-13-9-6-4-5-7-9/h1,9H,3-8H2,(H,11,12). The van der Waals surface area contributed by atoms with Crippen LogP contribution in [0.25, 0.3) is 0 Å². The molecule has 13 heavy (non-hydrogen) atoms. The van der Waals surface area contributed by atoms with Crippen LogP contribution in [0.5, 0.6) is 0 Å². The molecule has 1 N–H and O–H groups in total. The summed E-state index contributed by atoms with van der Waals surface area (Å²) in [5, 5.41) is 0. The smallest absolute Gasteiger partial charge is 0.244 e. The highest BCUT2D eigenvalue weighted by Gasteiger charge is 2.16. The molecule has 0 radical (unpaired) electrons. The van der Waals surface area contributed by atoms with Crippen LogP contribution in [0.3, 0.4) is 0 Å². The minimum absolute atomic E-state index is 0.121. The van der Waals surface area contributed by atoms with Gasteiger partial charge in [-0.15, -0.1) is 12.3 Å². The number of nitrogens with one attached hydrogen (secondary N) is 1. The zero-order chi connectivity index (χ0) is 9.52. The first kappa shape index (κ1) is 10.1. The molecule has 0 heterocycles. The molecule has 0 spiro atoms. The summed E-state index contributed by atoms with van der Waals surface area (Å²) in [5.41, 5.74) is 2.42. The van der Waals surface area contributed by atoms with E-state index in [1.165, 1.54) is 12.8 Å². The Morgan fingerprint density at radius 2 is 2.23 bits per heavy atom. The maximum absolute atomic E-state index is 11.0. The highest BCUT2D eigenvalue weighted by atomic mass is 16.7. The van der Waals surface area contributed by atoms with E-state index in [9.17, 15) is 4.79 Å². The monoisotopic (exact) mass is 181 g/mol. The Kier molecular flexibility index (Phi) is 4.34. The molecule has 0 aromatic heterocycles. The summed E-state index contributed by atoms with van der Waals surface area (Å²) in [4.78, 5) is 16.2. The van der Waals surface area contributed by atoms with E-state index >= 15 is 0 Å². The largest absolute Gasteiger partial charge is 0.273 e. The molecular formula is C10H15NO2. The number of hydrogen-bond acceptors (Lipinski definition) is 2. The van der Waals surface area contributed by atoms with Gasteiger partial charge in [0.25, 0.3) is 0 Å². The van der Waals surface area contributed by atoms with Crippen molar-refractivity contribution in [2.75, 3.05) is 0 Å². The molecule has 72 valence electrons. The van der Waals surface area contributed by atoms with Gasteiger partial charge in [0.05, 0.1) is 6.10 Å². The van der Waals surface area contributed by atoms with Crippen molar-refractivity contribution >= 4 is 5.91 Å². The van der Waals surface area contributed by atoms with E-state index in [4.69, 9.17) is 11.3 Å². The SMILES string of the molecule is C#CCCC(=O)NOC1CCCC1. The normalized spacial score (nSPS) is 16.8. The number of hydroxylamine groups is 1. The maximum Gasteiger partial charge on any atom is 0.244 e. The predicted molar refractivity (Wildman–Crippen MR) is 49.6 cm³/mol. The highest BCUT2D eigenvalue weighted by Crippen LogP contribution is 2.19. The molecular weight excluding hydrogens is 166 g/mol. The molecule has 3 heteroatoms. The first-order valence-electron chi connectivity index (χ1n) is 4.71. The summed E-state index contributed by atoms with van der Waals surface area (Å²) in [7, 11) is 0. The molecule has 1 saturated carbocycles. The molecule has 1 aliphatic rings. The van der Waals surface area contributed by atoms with Crippen molar-refractivity contribution in [2.24, 2.45) is 0 Å². The van der Waals surface area contributed by atoms with Crippen LogP contribution in [-0.2, 0) is 9.63 Å². The van der Waals surface area contributed by atoms with E-state index < -0.39 is 0 Å². The van der Waals surface area contributed by atoms with Gasteiger partial charge < -0.3 is 0 Å². The number of terminal acetylenes is 1. The van der Waals surface area contributed by atoms with Gasteiger partial charge in [-0.05, 0) is 12.8 Å². The zero-order valence-electron chi connectivity index (χ0n) is 7.71. The van der Waals surface area contributed by atoms with Crippen molar-refractivity contribution in [3.05, 3.63) is 0 Å². The number of carbonyl (C=O) groups excluding carboxylic acids is 1. The van der Waals surface area contributed by atoms with E-state index in [1.54, 1.807) is 0 Å². The van der Waals surface area contributed by atoms with Gasteiger partial charge >= 0.3 is 0 Å². The first-order chi connectivity index (χ1) is 6.33. The highest BCUT2D eigenvalue weighted by molar-refractivity contribution is 5.74. The van der Waals surface area contributed by atoms with Gasteiger partial charge in [0.1, 0.15) is 0 Å². The summed E-state index contributed by atoms with van der Waals surface area (Å²) in [6, 6.07) is 0. The molecule has 0 saturated heterocycles. The van der Waals surface area contributed by atoms with Crippen LogP contribution in [0.1, 0.15) is 38.5 Å². The van der Waals surface area contributed by atoms with Crippen molar-refractivity contribution in [3.63, 3.8) is 0 Å². The summed E-state index contributed by atoms with van der Waals surface area (Å²) >= 11 is 0. The average Bonchev–Trinajstić information content (AvgIpc) is 2.64. The Balaban J connectivity index is 2.04. The second kappa shape index (κ2) is 5.60. The minimum atomic E-state index is -0.121. The third kappa shape index (κ3) is 3.95. The average molecular weight is 181 g/mol. The third-order valence-corrected chi connectivity index (χ3v) is 2.14. The van der Waals surface area contributed by atoms with Gasteiger partial charge in [-0.1, -0.05) is 12.8 Å². The third-order valence-electron chi connectivity index (χ3n) is 2.14. The summed E-state index contributed by atoms with van der Waals surface area (Å²) in [6.07, 6.45) is 10.6. The van der Waals surface area contributed by atoms with E-state index in [2.05, 4.69) is 11.4 Å². The molecule has 1 fully saturated rings. The second-order valence-electron chi connectivity index (χ2n) is 3.25. The molecule has 0 aromatic carbocycles. The van der Waals surface area contributed by atoms with Crippen LogP contribution in [0.15, 0.2) is 0 Å². The Morgan fingerprint density at radius 1 is 1.54 bits per heavy atom. The Labute approximate surface area is 78.8 Å². The van der Waals surface area contributed by atoms with Crippen molar-refractivity contribution in [1.29, 1.82) is 0 Å². The fraction of sp³-hybridized carbons (Fsp3) is 0.700. The zero-order valence-corrected chi connectivity index (χ0v) is 7.71. The first-order valence-corrected chi connectivity index (χ1v) is 4.71. The quantitative estimate of drug-likeness (QED) is 0.525. The van der Waals surface area contributed by atoms with Gasteiger partial charge in [0.15, 0.2) is 0 Å². The minimum Gasteiger partial charge on any atom is -0.273 e. The Morgan fingerprint density at radius 3 is 2.85 bits per heavy atom. The van der Waals surface area contributed by atoms with Crippen LogP contribution in [0.2, 0.25) is 0 Å². The van der Waals surface area contributed by atoms with Gasteiger partial charge in [0, 0.05) is 12.8 Å². The Bertz CT molecular complexity index is 201. The lowest BCUT2D eigenvalue weighted by Crippen LogP contribution is -2.27. The maximum atomic E-state index is 11.0. The molecule has 0 aliphatic heterocycles. The molecule has 0 unspecified atom stereocenters. The Hall–Kier alpha value is -1.01. The summed E-state index contributed by atoms with van der Waals surface area (Å²) in [6.45, 7) is 0. The van der Waals surface area contributed by atoms with Crippen LogP contribution in [0.4, 0.5) is 0 Å². The molecule has 0 aromatic rings. The summed E-state index contributed by atoms with van der Waals surface area (Å²) in [5.74, 6) is 2.29. The number of amides is 1. The van der Waals surface area contributed by atoms with Crippen molar-refractivity contribution in [2.45, 2.75) is 44.6 Å². The van der Waals surface area contributed by atoms with Crippen LogP contribution < -0.4 is 5.48 Å². The van der Waals surface area contributed by atoms with Gasteiger partial charge in [-0.25, -0.2) is 5.48 Å². The summed E-state index contributed by atoms with van der Waals surface area (Å²) < 4.78 is 0. The van der Waals surface area contributed by atoms with Crippen molar-refractivity contribution in [3.8, 4) is 12.3 Å².